The highest BCUT2D eigenvalue weighted by Crippen LogP contribution is 2.37. The monoisotopic (exact) mass is 409 g/mol. The third-order valence-corrected chi connectivity index (χ3v) is 6.33. The van der Waals surface area contributed by atoms with Crippen molar-refractivity contribution in [1.29, 1.82) is 0 Å². The van der Waals surface area contributed by atoms with Crippen LogP contribution in [0.3, 0.4) is 0 Å². The van der Waals surface area contributed by atoms with Crippen molar-refractivity contribution in [2.24, 2.45) is 5.41 Å². The van der Waals surface area contributed by atoms with Gasteiger partial charge in [-0.2, -0.15) is 0 Å². The Morgan fingerprint density at radius 2 is 1.97 bits per heavy atom. The first-order chi connectivity index (χ1) is 14.7. The number of benzene rings is 2. The van der Waals surface area contributed by atoms with Crippen molar-refractivity contribution in [2.75, 3.05) is 33.5 Å². The van der Waals surface area contributed by atoms with Gasteiger partial charge in [0.1, 0.15) is 5.75 Å². The molecule has 0 aromatic heterocycles. The molecule has 160 valence electrons. The summed E-state index contributed by atoms with van der Waals surface area (Å²) in [6.45, 7) is 2.65. The fourth-order valence-corrected chi connectivity index (χ4v) is 4.57. The first-order valence-electron chi connectivity index (χ1n) is 10.9. The van der Waals surface area contributed by atoms with E-state index in [1.807, 2.05) is 18.2 Å². The fraction of sp³-hybridized carbons (Fsp3) is 0.480. The van der Waals surface area contributed by atoms with Crippen LogP contribution in [0.4, 0.5) is 0 Å². The molecule has 2 fully saturated rings. The molecule has 2 heterocycles. The zero-order valence-electron chi connectivity index (χ0n) is 17.7. The molecular weight excluding hydrogens is 378 g/mol. The van der Waals surface area contributed by atoms with Crippen LogP contribution in [0, 0.1) is 5.41 Å². The van der Waals surface area contributed by atoms with Crippen LogP contribution < -0.4 is 10.1 Å². The standard InChI is InChI=1S/C25H31NO4/c1-28-23-10-3-2-9-22(23)20-7-4-6-19(16-20)17-25(11-14-29-15-12-25)24(27)26-18-21-8-5-13-30-21/h2-4,6-7,9-10,16,21H,5,8,11-15,17-18H2,1H3,(H,26,27). The lowest BCUT2D eigenvalue weighted by atomic mass is 9.74. The summed E-state index contributed by atoms with van der Waals surface area (Å²) in [7, 11) is 1.69. The van der Waals surface area contributed by atoms with Gasteiger partial charge in [0.2, 0.25) is 5.91 Å². The topological polar surface area (TPSA) is 56.8 Å². The van der Waals surface area contributed by atoms with Gasteiger partial charge in [-0.3, -0.25) is 4.79 Å². The van der Waals surface area contributed by atoms with Crippen LogP contribution in [0.2, 0.25) is 0 Å². The van der Waals surface area contributed by atoms with E-state index in [-0.39, 0.29) is 12.0 Å². The van der Waals surface area contributed by atoms with Crippen molar-refractivity contribution in [3.05, 3.63) is 54.1 Å². The minimum Gasteiger partial charge on any atom is -0.496 e. The normalized spacial score (nSPS) is 20.6. The fourth-order valence-electron chi connectivity index (χ4n) is 4.57. The highest BCUT2D eigenvalue weighted by Gasteiger charge is 2.40. The summed E-state index contributed by atoms with van der Waals surface area (Å²) in [5, 5.41) is 3.18. The molecule has 1 N–H and O–H groups in total. The Hall–Kier alpha value is -2.37. The van der Waals surface area contributed by atoms with Crippen LogP contribution in [0.1, 0.15) is 31.2 Å². The highest BCUT2D eigenvalue weighted by molar-refractivity contribution is 5.83. The maximum absolute atomic E-state index is 13.3. The SMILES string of the molecule is COc1ccccc1-c1cccc(CC2(C(=O)NCC3CCCO3)CCOCC2)c1. The average Bonchev–Trinajstić information content (AvgIpc) is 3.32. The Kier molecular flexibility index (Phi) is 6.70. The van der Waals surface area contributed by atoms with Crippen LogP contribution in [0.15, 0.2) is 48.5 Å². The van der Waals surface area contributed by atoms with Gasteiger partial charge in [0.15, 0.2) is 0 Å². The number of carbonyl (C=O) groups excluding carboxylic acids is 1. The zero-order valence-corrected chi connectivity index (χ0v) is 17.7. The van der Waals surface area contributed by atoms with Crippen LogP contribution in [0.5, 0.6) is 5.75 Å². The van der Waals surface area contributed by atoms with Crippen LogP contribution in [0.25, 0.3) is 11.1 Å². The van der Waals surface area contributed by atoms with Crippen molar-refractivity contribution < 1.29 is 19.0 Å². The second-order valence-corrected chi connectivity index (χ2v) is 8.32. The van der Waals surface area contributed by atoms with E-state index in [9.17, 15) is 4.79 Å². The third kappa shape index (κ3) is 4.68. The van der Waals surface area contributed by atoms with E-state index < -0.39 is 5.41 Å². The number of amides is 1. The number of hydrogen-bond donors (Lipinski definition) is 1. The second-order valence-electron chi connectivity index (χ2n) is 8.32. The smallest absolute Gasteiger partial charge is 0.226 e. The van der Waals surface area contributed by atoms with Crippen molar-refractivity contribution in [2.45, 2.75) is 38.2 Å². The molecule has 2 aromatic rings. The maximum atomic E-state index is 13.3. The summed E-state index contributed by atoms with van der Waals surface area (Å²) in [5.74, 6) is 0.980. The first-order valence-corrected chi connectivity index (χ1v) is 10.9. The number of rotatable bonds is 7. The number of ether oxygens (including phenoxy) is 3. The highest BCUT2D eigenvalue weighted by atomic mass is 16.5. The Morgan fingerprint density at radius 3 is 2.73 bits per heavy atom. The molecule has 30 heavy (non-hydrogen) atoms. The Labute approximate surface area is 178 Å². The van der Waals surface area contributed by atoms with Crippen molar-refractivity contribution in [3.63, 3.8) is 0 Å². The molecule has 0 radical (unpaired) electrons. The number of hydrogen-bond acceptors (Lipinski definition) is 4. The predicted octanol–water partition coefficient (Wildman–Crippen LogP) is 4.00. The van der Waals surface area contributed by atoms with Gasteiger partial charge in [-0.05, 0) is 49.3 Å². The van der Waals surface area contributed by atoms with Gasteiger partial charge in [-0.15, -0.1) is 0 Å². The number of carbonyl (C=O) groups is 1. The Morgan fingerprint density at radius 1 is 1.13 bits per heavy atom. The minimum atomic E-state index is -0.434. The summed E-state index contributed by atoms with van der Waals surface area (Å²) < 4.78 is 16.8. The molecule has 0 aliphatic carbocycles. The number of para-hydroxylation sites is 1. The summed E-state index contributed by atoms with van der Waals surface area (Å²) in [6.07, 6.45) is 4.44. The van der Waals surface area contributed by atoms with E-state index >= 15 is 0 Å². The van der Waals surface area contributed by atoms with Gasteiger partial charge in [0.05, 0.1) is 18.6 Å². The van der Waals surface area contributed by atoms with E-state index in [0.717, 1.165) is 54.7 Å². The molecule has 0 spiro atoms. The summed E-state index contributed by atoms with van der Waals surface area (Å²) in [6, 6.07) is 16.5. The molecule has 0 bridgehead atoms. The molecule has 4 rings (SSSR count). The van der Waals surface area contributed by atoms with Crippen LogP contribution in [-0.4, -0.2) is 45.5 Å². The largest absolute Gasteiger partial charge is 0.496 e. The van der Waals surface area contributed by atoms with Gasteiger partial charge in [-0.1, -0.05) is 42.5 Å². The van der Waals surface area contributed by atoms with Crippen molar-refractivity contribution in [1.82, 2.24) is 5.32 Å². The third-order valence-electron chi connectivity index (χ3n) is 6.33. The molecule has 2 aliphatic heterocycles. The van der Waals surface area contributed by atoms with E-state index in [1.165, 1.54) is 0 Å². The molecule has 1 atom stereocenters. The van der Waals surface area contributed by atoms with E-state index in [0.29, 0.717) is 26.2 Å². The minimum absolute atomic E-state index is 0.129. The molecule has 2 aromatic carbocycles. The maximum Gasteiger partial charge on any atom is 0.226 e. The quantitative estimate of drug-likeness (QED) is 0.751. The van der Waals surface area contributed by atoms with E-state index in [2.05, 4.69) is 35.6 Å². The lowest BCUT2D eigenvalue weighted by molar-refractivity contribution is -0.137. The van der Waals surface area contributed by atoms with Crippen LogP contribution in [-0.2, 0) is 20.7 Å². The Bertz CT molecular complexity index is 854. The zero-order chi connectivity index (χ0) is 20.8. The molecule has 1 unspecified atom stereocenters. The molecule has 1 amide bonds. The number of nitrogens with one attached hydrogen (secondary N) is 1. The van der Waals surface area contributed by atoms with Gasteiger partial charge in [-0.25, -0.2) is 0 Å². The van der Waals surface area contributed by atoms with Gasteiger partial charge < -0.3 is 19.5 Å². The summed E-state index contributed by atoms with van der Waals surface area (Å²) in [5.41, 5.74) is 2.89. The molecular formula is C25H31NO4. The Balaban J connectivity index is 1.53. The van der Waals surface area contributed by atoms with E-state index in [1.54, 1.807) is 7.11 Å². The molecule has 2 aliphatic rings. The molecule has 5 nitrogen and oxygen atoms in total. The molecule has 0 saturated carbocycles. The van der Waals surface area contributed by atoms with Crippen molar-refractivity contribution >= 4 is 5.91 Å². The van der Waals surface area contributed by atoms with E-state index in [4.69, 9.17) is 14.2 Å². The summed E-state index contributed by atoms with van der Waals surface area (Å²) >= 11 is 0. The average molecular weight is 410 g/mol. The van der Waals surface area contributed by atoms with Gasteiger partial charge in [0, 0.05) is 31.9 Å². The summed E-state index contributed by atoms with van der Waals surface area (Å²) in [4.78, 5) is 13.3. The van der Waals surface area contributed by atoms with Gasteiger partial charge >= 0.3 is 0 Å². The van der Waals surface area contributed by atoms with Crippen molar-refractivity contribution in [3.8, 4) is 16.9 Å². The predicted molar refractivity (Wildman–Crippen MR) is 117 cm³/mol. The lowest BCUT2D eigenvalue weighted by Gasteiger charge is -2.36. The molecule has 2 saturated heterocycles. The number of methoxy groups -OCH3 is 1. The molecule has 5 heteroatoms. The van der Waals surface area contributed by atoms with Gasteiger partial charge in [0.25, 0.3) is 0 Å². The van der Waals surface area contributed by atoms with Crippen LogP contribution >= 0.6 is 0 Å². The first kappa shape index (κ1) is 20.9. The second kappa shape index (κ2) is 9.63. The lowest BCUT2D eigenvalue weighted by Crippen LogP contribution is -2.47.